The second kappa shape index (κ2) is 5.65. The molecule has 18 heavy (non-hydrogen) atoms. The topological polar surface area (TPSA) is 46.2 Å². The third kappa shape index (κ3) is 2.80. The summed E-state index contributed by atoms with van der Waals surface area (Å²) in [5, 5.41) is 2.78. The largest absolute Gasteiger partial charge is 0.342 e. The maximum absolute atomic E-state index is 12.0. The first kappa shape index (κ1) is 13.3. The number of aryl methyl sites for hydroxylation is 2. The molecule has 0 saturated heterocycles. The first-order valence-corrected chi connectivity index (χ1v) is 7.38. The van der Waals surface area contributed by atoms with E-state index in [1.165, 1.54) is 23.3 Å². The lowest BCUT2D eigenvalue weighted by Crippen LogP contribution is -2.37. The van der Waals surface area contributed by atoms with Gasteiger partial charge < -0.3 is 5.32 Å². The highest BCUT2D eigenvalue weighted by atomic mass is 32.1. The summed E-state index contributed by atoms with van der Waals surface area (Å²) < 4.78 is 0. The van der Waals surface area contributed by atoms with Crippen molar-refractivity contribution in [3.8, 4) is 0 Å². The second-order valence-electron chi connectivity index (χ2n) is 4.78. The van der Waals surface area contributed by atoms with Crippen LogP contribution < -0.4 is 5.32 Å². The van der Waals surface area contributed by atoms with Crippen LogP contribution >= 0.6 is 11.3 Å². The summed E-state index contributed by atoms with van der Waals surface area (Å²) in [5.74, 6) is -0.0339. The number of fused-ring (bicyclic) bond motifs is 1. The van der Waals surface area contributed by atoms with Gasteiger partial charge in [0.2, 0.25) is 0 Å². The summed E-state index contributed by atoms with van der Waals surface area (Å²) >= 11 is 1.58. The summed E-state index contributed by atoms with van der Waals surface area (Å²) in [5.41, 5.74) is 1.32. The van der Waals surface area contributed by atoms with E-state index in [-0.39, 0.29) is 17.7 Å². The standard InChI is InChI=1S/C14H19NO2S/c1-3-11(16)9(2)15-14(17)13-8-10-6-4-5-7-12(10)18-13/h8-9H,3-7H2,1-2H3,(H,15,17). The van der Waals surface area contributed by atoms with E-state index in [0.717, 1.165) is 17.7 Å². The molecule has 1 heterocycles. The molecule has 0 radical (unpaired) electrons. The zero-order valence-electron chi connectivity index (χ0n) is 10.9. The SMILES string of the molecule is CCC(=O)C(C)NC(=O)c1cc2c(s1)CCCC2. The first-order chi connectivity index (χ1) is 8.61. The van der Waals surface area contributed by atoms with Crippen molar-refractivity contribution in [1.29, 1.82) is 0 Å². The summed E-state index contributed by atoms with van der Waals surface area (Å²) in [6.07, 6.45) is 5.08. The van der Waals surface area contributed by atoms with Gasteiger partial charge in [-0.2, -0.15) is 0 Å². The quantitative estimate of drug-likeness (QED) is 0.910. The third-order valence-corrected chi connectivity index (χ3v) is 4.64. The molecular weight excluding hydrogens is 246 g/mol. The van der Waals surface area contributed by atoms with Crippen LogP contribution in [0, 0.1) is 0 Å². The van der Waals surface area contributed by atoms with E-state index < -0.39 is 0 Å². The molecule has 1 unspecified atom stereocenters. The van der Waals surface area contributed by atoms with E-state index in [0.29, 0.717) is 6.42 Å². The molecule has 4 heteroatoms. The van der Waals surface area contributed by atoms with Crippen molar-refractivity contribution in [2.45, 2.75) is 52.0 Å². The molecule has 0 aliphatic heterocycles. The molecule has 0 fully saturated rings. The van der Waals surface area contributed by atoms with Crippen LogP contribution in [0.15, 0.2) is 6.07 Å². The van der Waals surface area contributed by atoms with Crippen LogP contribution in [0.2, 0.25) is 0 Å². The first-order valence-electron chi connectivity index (χ1n) is 6.57. The Balaban J connectivity index is 2.05. The molecule has 0 spiro atoms. The Hall–Kier alpha value is -1.16. The van der Waals surface area contributed by atoms with Gasteiger partial charge in [-0.3, -0.25) is 9.59 Å². The predicted octanol–water partition coefficient (Wildman–Crippen LogP) is 2.72. The fourth-order valence-electron chi connectivity index (χ4n) is 2.26. The van der Waals surface area contributed by atoms with Gasteiger partial charge in [0.25, 0.3) is 5.91 Å². The van der Waals surface area contributed by atoms with Crippen LogP contribution in [-0.4, -0.2) is 17.7 Å². The van der Waals surface area contributed by atoms with Crippen molar-refractivity contribution in [3.05, 3.63) is 21.4 Å². The van der Waals surface area contributed by atoms with Crippen molar-refractivity contribution < 1.29 is 9.59 Å². The highest BCUT2D eigenvalue weighted by Gasteiger charge is 2.19. The molecule has 1 aromatic rings. The highest BCUT2D eigenvalue weighted by molar-refractivity contribution is 7.14. The Kier molecular flexibility index (Phi) is 4.17. The minimum Gasteiger partial charge on any atom is -0.342 e. The lowest BCUT2D eigenvalue weighted by molar-refractivity contribution is -0.120. The van der Waals surface area contributed by atoms with Gasteiger partial charge in [0.05, 0.1) is 10.9 Å². The number of Topliss-reactive ketones (excluding diaryl/α,β-unsaturated/α-hetero) is 1. The Morgan fingerprint density at radius 2 is 2.11 bits per heavy atom. The third-order valence-electron chi connectivity index (χ3n) is 3.40. The number of rotatable bonds is 4. The molecule has 1 amide bonds. The number of carbonyl (C=O) groups excluding carboxylic acids is 2. The normalized spacial score (nSPS) is 15.9. The molecule has 98 valence electrons. The average Bonchev–Trinajstić information content (AvgIpc) is 2.81. The molecule has 2 rings (SSSR count). The maximum Gasteiger partial charge on any atom is 0.261 e. The number of ketones is 1. The summed E-state index contributed by atoms with van der Waals surface area (Å²) in [6, 6.07) is 1.61. The highest BCUT2D eigenvalue weighted by Crippen LogP contribution is 2.29. The lowest BCUT2D eigenvalue weighted by atomic mass is 9.99. The molecule has 1 N–H and O–H groups in total. The van der Waals surface area contributed by atoms with E-state index in [9.17, 15) is 9.59 Å². The van der Waals surface area contributed by atoms with E-state index >= 15 is 0 Å². The monoisotopic (exact) mass is 265 g/mol. The van der Waals surface area contributed by atoms with Gasteiger partial charge in [-0.15, -0.1) is 11.3 Å². The molecule has 0 bridgehead atoms. The van der Waals surface area contributed by atoms with Crippen LogP contribution in [0.5, 0.6) is 0 Å². The zero-order chi connectivity index (χ0) is 13.1. The van der Waals surface area contributed by atoms with E-state index in [2.05, 4.69) is 5.32 Å². The van der Waals surface area contributed by atoms with Gasteiger partial charge in [-0.05, 0) is 44.2 Å². The van der Waals surface area contributed by atoms with Gasteiger partial charge in [0, 0.05) is 11.3 Å². The Bertz CT molecular complexity index is 441. The summed E-state index contributed by atoms with van der Waals surface area (Å²) in [6.45, 7) is 3.56. The molecule has 3 nitrogen and oxygen atoms in total. The average molecular weight is 265 g/mol. The molecule has 1 aliphatic carbocycles. The summed E-state index contributed by atoms with van der Waals surface area (Å²) in [7, 11) is 0. The number of carbonyl (C=O) groups is 2. The smallest absolute Gasteiger partial charge is 0.261 e. The minimum absolute atomic E-state index is 0.0738. The van der Waals surface area contributed by atoms with Gasteiger partial charge in [0.1, 0.15) is 0 Å². The van der Waals surface area contributed by atoms with Gasteiger partial charge >= 0.3 is 0 Å². The number of thiophene rings is 1. The van der Waals surface area contributed by atoms with Gasteiger partial charge in [0.15, 0.2) is 5.78 Å². The molecule has 1 aliphatic rings. The molecule has 1 atom stereocenters. The van der Waals surface area contributed by atoms with E-state index in [1.54, 1.807) is 18.3 Å². The molecule has 0 saturated carbocycles. The Labute approximate surface area is 112 Å². The van der Waals surface area contributed by atoms with Crippen LogP contribution in [0.25, 0.3) is 0 Å². The predicted molar refractivity (Wildman–Crippen MR) is 73.2 cm³/mol. The lowest BCUT2D eigenvalue weighted by Gasteiger charge is -2.10. The maximum atomic E-state index is 12.0. The van der Waals surface area contributed by atoms with Crippen molar-refractivity contribution in [1.82, 2.24) is 5.32 Å². The van der Waals surface area contributed by atoms with Gasteiger partial charge in [-0.1, -0.05) is 6.92 Å². The zero-order valence-corrected chi connectivity index (χ0v) is 11.7. The van der Waals surface area contributed by atoms with Crippen molar-refractivity contribution in [2.24, 2.45) is 0 Å². The van der Waals surface area contributed by atoms with Crippen molar-refractivity contribution in [3.63, 3.8) is 0 Å². The van der Waals surface area contributed by atoms with E-state index in [1.807, 2.05) is 13.0 Å². The number of nitrogens with one attached hydrogen (secondary N) is 1. The van der Waals surface area contributed by atoms with E-state index in [4.69, 9.17) is 0 Å². The molecule has 1 aromatic heterocycles. The Morgan fingerprint density at radius 3 is 2.78 bits per heavy atom. The van der Waals surface area contributed by atoms with Crippen molar-refractivity contribution in [2.75, 3.05) is 0 Å². The second-order valence-corrected chi connectivity index (χ2v) is 5.92. The van der Waals surface area contributed by atoms with Crippen molar-refractivity contribution >= 4 is 23.0 Å². The minimum atomic E-state index is -0.387. The Morgan fingerprint density at radius 1 is 1.39 bits per heavy atom. The fraction of sp³-hybridized carbons (Fsp3) is 0.571. The van der Waals surface area contributed by atoms with Crippen LogP contribution in [0.3, 0.4) is 0 Å². The molecule has 0 aromatic carbocycles. The molecular formula is C14H19NO2S. The van der Waals surface area contributed by atoms with Crippen LogP contribution in [0.4, 0.5) is 0 Å². The fourth-order valence-corrected chi connectivity index (χ4v) is 3.41. The van der Waals surface area contributed by atoms with Crippen LogP contribution in [0.1, 0.15) is 53.2 Å². The number of hydrogen-bond acceptors (Lipinski definition) is 3. The number of amides is 1. The number of hydrogen-bond donors (Lipinski definition) is 1. The summed E-state index contributed by atoms with van der Waals surface area (Å²) in [4.78, 5) is 25.6. The van der Waals surface area contributed by atoms with Crippen LogP contribution in [-0.2, 0) is 17.6 Å². The van der Waals surface area contributed by atoms with Gasteiger partial charge in [-0.25, -0.2) is 0 Å².